The maximum atomic E-state index is 13.2. The van der Waals surface area contributed by atoms with Gasteiger partial charge in [0.1, 0.15) is 16.5 Å². The third-order valence-corrected chi connectivity index (χ3v) is 7.64. The summed E-state index contributed by atoms with van der Waals surface area (Å²) in [6.45, 7) is 9.41. The van der Waals surface area contributed by atoms with Crippen LogP contribution in [0.15, 0.2) is 47.8 Å². The van der Waals surface area contributed by atoms with Crippen molar-refractivity contribution in [2.24, 2.45) is 0 Å². The van der Waals surface area contributed by atoms with Crippen LogP contribution in [0.4, 0.5) is 11.4 Å². The van der Waals surface area contributed by atoms with Crippen molar-refractivity contribution in [1.82, 2.24) is 9.88 Å². The van der Waals surface area contributed by atoms with E-state index in [4.69, 9.17) is 16.3 Å². The summed E-state index contributed by atoms with van der Waals surface area (Å²) < 4.78 is 5.66. The minimum atomic E-state index is -0.117. The number of halogens is 1. The lowest BCUT2D eigenvalue weighted by Crippen LogP contribution is -2.48. The molecule has 0 aliphatic carbocycles. The van der Waals surface area contributed by atoms with Crippen LogP contribution in [-0.2, 0) is 16.8 Å². The predicted molar refractivity (Wildman–Crippen MR) is 144 cm³/mol. The zero-order valence-corrected chi connectivity index (χ0v) is 22.2. The van der Waals surface area contributed by atoms with Crippen LogP contribution in [-0.4, -0.2) is 54.5 Å². The number of carbonyl (C=O) groups is 2. The summed E-state index contributed by atoms with van der Waals surface area (Å²) in [7, 11) is 0. The molecule has 0 atom stereocenters. The summed E-state index contributed by atoms with van der Waals surface area (Å²) in [6.07, 6.45) is 0. The quantitative estimate of drug-likeness (QED) is 0.481. The monoisotopic (exact) mass is 524 g/mol. The number of aromatic nitrogens is 1. The molecule has 0 N–H and O–H groups in total. The summed E-state index contributed by atoms with van der Waals surface area (Å²) in [5, 5.41) is 3.22. The van der Waals surface area contributed by atoms with Crippen LogP contribution in [0.3, 0.4) is 0 Å². The first-order valence-corrected chi connectivity index (χ1v) is 13.3. The highest BCUT2D eigenvalue weighted by Gasteiger charge is 2.29. The van der Waals surface area contributed by atoms with Gasteiger partial charge in [-0.25, -0.2) is 4.98 Å². The SMILES string of the molecule is CC(C)(C)c1ccc2c(c1)N(Cc1nc(C(=O)N3CCN(c4cccc(Cl)c4)CC3)cs1)C(=O)CO2. The fraction of sp³-hybridized carbons (Fsp3) is 0.370. The maximum Gasteiger partial charge on any atom is 0.273 e. The molecule has 2 aromatic carbocycles. The van der Waals surface area contributed by atoms with E-state index >= 15 is 0 Å². The summed E-state index contributed by atoms with van der Waals surface area (Å²) in [5.41, 5.74) is 3.31. The number of carbonyl (C=O) groups excluding carboxylic acids is 2. The van der Waals surface area contributed by atoms with Crippen LogP contribution in [0.2, 0.25) is 5.02 Å². The molecule has 0 unspecified atom stereocenters. The molecular formula is C27H29ClN4O3S. The molecule has 2 aliphatic heterocycles. The van der Waals surface area contributed by atoms with Gasteiger partial charge in [0.2, 0.25) is 0 Å². The van der Waals surface area contributed by atoms with Crippen molar-refractivity contribution in [3.05, 3.63) is 69.1 Å². The molecular weight excluding hydrogens is 496 g/mol. The van der Waals surface area contributed by atoms with Gasteiger partial charge in [0, 0.05) is 42.3 Å². The fourth-order valence-corrected chi connectivity index (χ4v) is 5.40. The Kier molecular flexibility index (Phi) is 6.66. The van der Waals surface area contributed by atoms with E-state index in [0.717, 1.165) is 35.0 Å². The molecule has 2 amide bonds. The van der Waals surface area contributed by atoms with Gasteiger partial charge in [0.05, 0.1) is 12.2 Å². The smallest absolute Gasteiger partial charge is 0.273 e. The number of fused-ring (bicyclic) bond motifs is 1. The first-order chi connectivity index (χ1) is 17.2. The van der Waals surface area contributed by atoms with Crippen molar-refractivity contribution in [2.45, 2.75) is 32.7 Å². The summed E-state index contributed by atoms with van der Waals surface area (Å²) in [4.78, 5) is 36.3. The molecule has 1 fully saturated rings. The van der Waals surface area contributed by atoms with Crippen LogP contribution in [0, 0.1) is 0 Å². The molecule has 3 heterocycles. The summed E-state index contributed by atoms with van der Waals surface area (Å²) >= 11 is 7.53. The average molecular weight is 525 g/mol. The molecule has 0 saturated carbocycles. The average Bonchev–Trinajstić information content (AvgIpc) is 3.33. The zero-order valence-electron chi connectivity index (χ0n) is 20.7. The van der Waals surface area contributed by atoms with Crippen molar-refractivity contribution in [1.29, 1.82) is 0 Å². The van der Waals surface area contributed by atoms with E-state index in [0.29, 0.717) is 36.1 Å². The second-order valence-electron chi connectivity index (χ2n) is 10.1. The van der Waals surface area contributed by atoms with Gasteiger partial charge in [-0.1, -0.05) is 44.5 Å². The number of hydrogen-bond donors (Lipinski definition) is 0. The lowest BCUT2D eigenvalue weighted by molar-refractivity contribution is -0.121. The van der Waals surface area contributed by atoms with Gasteiger partial charge >= 0.3 is 0 Å². The Morgan fingerprint density at radius 3 is 2.61 bits per heavy atom. The second kappa shape index (κ2) is 9.75. The third-order valence-electron chi connectivity index (χ3n) is 6.57. The Labute approximate surface area is 220 Å². The number of amides is 2. The van der Waals surface area contributed by atoms with Crippen molar-refractivity contribution < 1.29 is 14.3 Å². The Hall–Kier alpha value is -3.10. The number of anilines is 2. The molecule has 0 spiro atoms. The maximum absolute atomic E-state index is 13.2. The Morgan fingerprint density at radius 1 is 1.11 bits per heavy atom. The van der Waals surface area contributed by atoms with Crippen LogP contribution in [0.1, 0.15) is 41.8 Å². The van der Waals surface area contributed by atoms with Gasteiger partial charge in [-0.05, 0) is 41.3 Å². The summed E-state index contributed by atoms with van der Waals surface area (Å²) in [6, 6.07) is 13.8. The van der Waals surface area contributed by atoms with Crippen molar-refractivity contribution >= 4 is 46.1 Å². The van der Waals surface area contributed by atoms with E-state index in [-0.39, 0.29) is 23.8 Å². The highest BCUT2D eigenvalue weighted by molar-refractivity contribution is 7.09. The van der Waals surface area contributed by atoms with Crippen LogP contribution in [0.5, 0.6) is 5.75 Å². The van der Waals surface area contributed by atoms with Crippen LogP contribution >= 0.6 is 22.9 Å². The number of ether oxygens (including phenoxy) is 1. The van der Waals surface area contributed by atoms with Gasteiger partial charge in [-0.2, -0.15) is 0 Å². The first-order valence-electron chi connectivity index (χ1n) is 12.0. The lowest BCUT2D eigenvalue weighted by atomic mass is 9.86. The molecule has 7 nitrogen and oxygen atoms in total. The van der Waals surface area contributed by atoms with Gasteiger partial charge < -0.3 is 14.5 Å². The van der Waals surface area contributed by atoms with Crippen LogP contribution < -0.4 is 14.5 Å². The molecule has 3 aromatic rings. The van der Waals surface area contributed by atoms with Gasteiger partial charge in [-0.15, -0.1) is 11.3 Å². The van der Waals surface area contributed by atoms with Crippen molar-refractivity contribution in [3.63, 3.8) is 0 Å². The molecule has 2 aliphatic rings. The molecule has 9 heteroatoms. The van der Waals surface area contributed by atoms with E-state index in [1.165, 1.54) is 11.3 Å². The van der Waals surface area contributed by atoms with Gasteiger partial charge in [0.25, 0.3) is 11.8 Å². The van der Waals surface area contributed by atoms with Crippen molar-refractivity contribution in [3.8, 4) is 5.75 Å². The number of thiazole rings is 1. The molecule has 0 bridgehead atoms. The molecule has 1 aromatic heterocycles. The number of hydrogen-bond acceptors (Lipinski definition) is 6. The third kappa shape index (κ3) is 5.06. The molecule has 1 saturated heterocycles. The number of rotatable bonds is 4. The summed E-state index contributed by atoms with van der Waals surface area (Å²) in [5.74, 6) is 0.494. The normalized spacial score (nSPS) is 16.1. The fourth-order valence-electron chi connectivity index (χ4n) is 4.46. The Bertz CT molecular complexity index is 1290. The Balaban J connectivity index is 1.27. The molecule has 0 radical (unpaired) electrons. The topological polar surface area (TPSA) is 66.0 Å². The Morgan fingerprint density at radius 2 is 1.89 bits per heavy atom. The predicted octanol–water partition coefficient (Wildman–Crippen LogP) is 4.98. The first kappa shape index (κ1) is 24.6. The van der Waals surface area contributed by atoms with Gasteiger partial charge in [-0.3, -0.25) is 14.5 Å². The standard InChI is InChI=1S/C27H29ClN4O3S/c1-27(2,3)18-7-8-23-22(13-18)32(25(33)16-35-23)15-24-29-21(17-36-24)26(34)31-11-9-30(10-12-31)20-6-4-5-19(28)14-20/h4-8,13-14,17H,9-12,15-16H2,1-3H3. The van der Waals surface area contributed by atoms with Crippen LogP contribution in [0.25, 0.3) is 0 Å². The molecule has 188 valence electrons. The van der Waals surface area contributed by atoms with E-state index in [1.54, 1.807) is 10.3 Å². The number of benzene rings is 2. The van der Waals surface area contributed by atoms with E-state index < -0.39 is 0 Å². The van der Waals surface area contributed by atoms with Gasteiger partial charge in [0.15, 0.2) is 6.61 Å². The lowest BCUT2D eigenvalue weighted by Gasteiger charge is -2.35. The largest absolute Gasteiger partial charge is 0.482 e. The minimum Gasteiger partial charge on any atom is -0.482 e. The van der Waals surface area contributed by atoms with E-state index in [2.05, 4.69) is 30.7 Å². The minimum absolute atomic E-state index is 0.00404. The molecule has 36 heavy (non-hydrogen) atoms. The van der Waals surface area contributed by atoms with E-state index in [9.17, 15) is 9.59 Å². The highest BCUT2D eigenvalue weighted by Crippen LogP contribution is 2.37. The van der Waals surface area contributed by atoms with E-state index in [1.807, 2.05) is 47.4 Å². The number of piperazine rings is 1. The second-order valence-corrected chi connectivity index (χ2v) is 11.5. The zero-order chi connectivity index (χ0) is 25.4. The molecule has 5 rings (SSSR count). The number of nitrogens with zero attached hydrogens (tertiary/aromatic N) is 4. The highest BCUT2D eigenvalue weighted by atomic mass is 35.5. The van der Waals surface area contributed by atoms with Crippen molar-refractivity contribution in [2.75, 3.05) is 42.6 Å².